The number of nitrogens with zero attached hydrogens (tertiary/aromatic N) is 1. The summed E-state index contributed by atoms with van der Waals surface area (Å²) in [6.45, 7) is 3.13. The van der Waals surface area contributed by atoms with Gasteiger partial charge in [-0.3, -0.25) is 0 Å². The first-order valence-corrected chi connectivity index (χ1v) is 6.03. The summed E-state index contributed by atoms with van der Waals surface area (Å²) in [7, 11) is 0. The average Bonchev–Trinajstić information content (AvgIpc) is 2.77. The number of benzene rings is 1. The van der Waals surface area contributed by atoms with Crippen molar-refractivity contribution in [3.05, 3.63) is 24.3 Å². The minimum Gasteiger partial charge on any atom is -0.424 e. The Kier molecular flexibility index (Phi) is 3.98. The highest BCUT2D eigenvalue weighted by atomic mass is 16.4. The molecule has 1 heterocycles. The smallest absolute Gasteiger partial charge is 0.295 e. The second kappa shape index (κ2) is 5.68. The second-order valence-electron chi connectivity index (χ2n) is 4.15. The first-order valence-electron chi connectivity index (χ1n) is 6.03. The van der Waals surface area contributed by atoms with E-state index in [1.165, 1.54) is 0 Å². The molecule has 0 amide bonds. The predicted molar refractivity (Wildman–Crippen MR) is 68.0 cm³/mol. The van der Waals surface area contributed by atoms with E-state index in [2.05, 4.69) is 17.2 Å². The Morgan fingerprint density at radius 2 is 2.24 bits per heavy atom. The molecule has 0 bridgehead atoms. The molecule has 1 aromatic carbocycles. The summed E-state index contributed by atoms with van der Waals surface area (Å²) in [4.78, 5) is 4.34. The van der Waals surface area contributed by atoms with Crippen LogP contribution >= 0.6 is 0 Å². The zero-order valence-electron chi connectivity index (χ0n) is 10.0. The van der Waals surface area contributed by atoms with Gasteiger partial charge in [0.25, 0.3) is 6.01 Å². The van der Waals surface area contributed by atoms with Crippen LogP contribution in [0.5, 0.6) is 0 Å². The Morgan fingerprint density at radius 1 is 1.41 bits per heavy atom. The molecule has 0 aliphatic rings. The van der Waals surface area contributed by atoms with Gasteiger partial charge in [0, 0.05) is 13.2 Å². The molecule has 1 aromatic heterocycles. The lowest BCUT2D eigenvalue weighted by molar-refractivity contribution is 0.258. The number of para-hydroxylation sites is 2. The molecular weight excluding hydrogens is 216 g/mol. The summed E-state index contributed by atoms with van der Waals surface area (Å²) in [5.74, 6) is 0.454. The van der Waals surface area contributed by atoms with E-state index < -0.39 is 0 Å². The molecule has 0 aliphatic heterocycles. The number of hydrogen-bond donors (Lipinski definition) is 2. The van der Waals surface area contributed by atoms with Crippen molar-refractivity contribution in [1.29, 1.82) is 0 Å². The van der Waals surface area contributed by atoms with E-state index in [0.29, 0.717) is 11.9 Å². The van der Waals surface area contributed by atoms with Crippen molar-refractivity contribution in [3.8, 4) is 0 Å². The standard InChI is InChI=1S/C13H18N2O2/c1-2-10(7-8-16)9-14-13-15-11-5-3-4-6-12(11)17-13/h3-6,10,16H,2,7-9H2,1H3,(H,14,15). The zero-order valence-corrected chi connectivity index (χ0v) is 10.0. The lowest BCUT2D eigenvalue weighted by Crippen LogP contribution is -2.15. The highest BCUT2D eigenvalue weighted by Crippen LogP contribution is 2.18. The Bertz CT molecular complexity index is 434. The molecule has 2 aromatic rings. The number of aliphatic hydroxyl groups excluding tert-OH is 1. The van der Waals surface area contributed by atoms with Crippen LogP contribution in [0.4, 0.5) is 6.01 Å². The van der Waals surface area contributed by atoms with Crippen molar-refractivity contribution in [1.82, 2.24) is 4.98 Å². The van der Waals surface area contributed by atoms with Gasteiger partial charge in [0.1, 0.15) is 5.52 Å². The molecular formula is C13H18N2O2. The lowest BCUT2D eigenvalue weighted by atomic mass is 10.0. The van der Waals surface area contributed by atoms with Crippen LogP contribution < -0.4 is 5.32 Å². The fourth-order valence-electron chi connectivity index (χ4n) is 1.81. The lowest BCUT2D eigenvalue weighted by Gasteiger charge is -2.12. The van der Waals surface area contributed by atoms with Gasteiger partial charge < -0.3 is 14.8 Å². The Labute approximate surface area is 101 Å². The van der Waals surface area contributed by atoms with Gasteiger partial charge >= 0.3 is 0 Å². The van der Waals surface area contributed by atoms with Gasteiger partial charge in [-0.05, 0) is 24.5 Å². The monoisotopic (exact) mass is 234 g/mol. The van der Waals surface area contributed by atoms with E-state index in [1.54, 1.807) is 0 Å². The third-order valence-corrected chi connectivity index (χ3v) is 2.95. The van der Waals surface area contributed by atoms with Gasteiger partial charge in [-0.2, -0.15) is 4.98 Å². The molecule has 0 spiro atoms. The number of aromatic nitrogens is 1. The first-order chi connectivity index (χ1) is 8.33. The van der Waals surface area contributed by atoms with E-state index in [4.69, 9.17) is 9.52 Å². The van der Waals surface area contributed by atoms with E-state index in [1.807, 2.05) is 24.3 Å². The highest BCUT2D eigenvalue weighted by Gasteiger charge is 2.08. The van der Waals surface area contributed by atoms with Crippen molar-refractivity contribution in [3.63, 3.8) is 0 Å². The van der Waals surface area contributed by atoms with Crippen molar-refractivity contribution >= 4 is 17.1 Å². The molecule has 2 rings (SSSR count). The van der Waals surface area contributed by atoms with E-state index in [-0.39, 0.29) is 6.61 Å². The molecule has 0 saturated heterocycles. The van der Waals surface area contributed by atoms with Crippen molar-refractivity contribution in [2.24, 2.45) is 5.92 Å². The molecule has 0 fully saturated rings. The molecule has 2 N–H and O–H groups in total. The van der Waals surface area contributed by atoms with Crippen LogP contribution in [0.1, 0.15) is 19.8 Å². The van der Waals surface area contributed by atoms with Crippen LogP contribution in [-0.4, -0.2) is 23.2 Å². The topological polar surface area (TPSA) is 58.3 Å². The molecule has 1 atom stereocenters. The van der Waals surface area contributed by atoms with Crippen LogP contribution in [0, 0.1) is 5.92 Å². The zero-order chi connectivity index (χ0) is 12.1. The maximum Gasteiger partial charge on any atom is 0.295 e. The third kappa shape index (κ3) is 2.97. The number of rotatable bonds is 6. The molecule has 0 aliphatic carbocycles. The number of anilines is 1. The average molecular weight is 234 g/mol. The highest BCUT2D eigenvalue weighted by molar-refractivity contribution is 5.74. The van der Waals surface area contributed by atoms with Gasteiger partial charge in [0.15, 0.2) is 5.58 Å². The largest absolute Gasteiger partial charge is 0.424 e. The quantitative estimate of drug-likeness (QED) is 0.806. The summed E-state index contributed by atoms with van der Waals surface area (Å²) in [5.41, 5.74) is 1.66. The van der Waals surface area contributed by atoms with Crippen molar-refractivity contribution in [2.75, 3.05) is 18.5 Å². The third-order valence-electron chi connectivity index (χ3n) is 2.95. The molecule has 0 radical (unpaired) electrons. The Morgan fingerprint density at radius 3 is 2.94 bits per heavy atom. The van der Waals surface area contributed by atoms with Crippen molar-refractivity contribution in [2.45, 2.75) is 19.8 Å². The van der Waals surface area contributed by atoms with Gasteiger partial charge in [-0.15, -0.1) is 0 Å². The molecule has 4 nitrogen and oxygen atoms in total. The molecule has 4 heteroatoms. The van der Waals surface area contributed by atoms with Crippen LogP contribution in [-0.2, 0) is 0 Å². The van der Waals surface area contributed by atoms with Gasteiger partial charge in [0.05, 0.1) is 0 Å². The van der Waals surface area contributed by atoms with Crippen LogP contribution in [0.2, 0.25) is 0 Å². The summed E-state index contributed by atoms with van der Waals surface area (Å²) >= 11 is 0. The minimum absolute atomic E-state index is 0.230. The van der Waals surface area contributed by atoms with Gasteiger partial charge in [0.2, 0.25) is 0 Å². The number of aliphatic hydroxyl groups is 1. The molecule has 0 saturated carbocycles. The number of oxazole rings is 1. The minimum atomic E-state index is 0.230. The summed E-state index contributed by atoms with van der Waals surface area (Å²) < 4.78 is 5.56. The summed E-state index contributed by atoms with van der Waals surface area (Å²) in [6, 6.07) is 8.25. The maximum atomic E-state index is 8.91. The van der Waals surface area contributed by atoms with Crippen LogP contribution in [0.15, 0.2) is 28.7 Å². The fraction of sp³-hybridized carbons (Fsp3) is 0.462. The number of hydrogen-bond acceptors (Lipinski definition) is 4. The Hall–Kier alpha value is -1.55. The Balaban J connectivity index is 1.98. The predicted octanol–water partition coefficient (Wildman–Crippen LogP) is 2.65. The van der Waals surface area contributed by atoms with Crippen molar-refractivity contribution < 1.29 is 9.52 Å². The number of nitrogens with one attached hydrogen (secondary N) is 1. The summed E-state index contributed by atoms with van der Waals surface area (Å²) in [5, 5.41) is 12.1. The van der Waals surface area contributed by atoms with E-state index in [0.717, 1.165) is 30.5 Å². The van der Waals surface area contributed by atoms with Crippen LogP contribution in [0.25, 0.3) is 11.1 Å². The molecule has 1 unspecified atom stereocenters. The van der Waals surface area contributed by atoms with Gasteiger partial charge in [-0.1, -0.05) is 25.5 Å². The molecule has 92 valence electrons. The van der Waals surface area contributed by atoms with Crippen LogP contribution in [0.3, 0.4) is 0 Å². The summed E-state index contributed by atoms with van der Waals surface area (Å²) in [6.07, 6.45) is 1.84. The van der Waals surface area contributed by atoms with E-state index in [9.17, 15) is 0 Å². The maximum absolute atomic E-state index is 8.91. The first kappa shape index (κ1) is 11.9. The number of fused-ring (bicyclic) bond motifs is 1. The van der Waals surface area contributed by atoms with E-state index >= 15 is 0 Å². The van der Waals surface area contributed by atoms with Gasteiger partial charge in [-0.25, -0.2) is 0 Å². The normalized spacial score (nSPS) is 12.8. The second-order valence-corrected chi connectivity index (χ2v) is 4.15. The SMILES string of the molecule is CCC(CCO)CNc1nc2ccccc2o1. The molecule has 17 heavy (non-hydrogen) atoms. The fourth-order valence-corrected chi connectivity index (χ4v) is 1.81.